The summed E-state index contributed by atoms with van der Waals surface area (Å²) in [6.45, 7) is 2.82. The van der Waals surface area contributed by atoms with Gasteiger partial charge in [0.1, 0.15) is 0 Å². The van der Waals surface area contributed by atoms with E-state index >= 15 is 0 Å². The summed E-state index contributed by atoms with van der Waals surface area (Å²) in [5, 5.41) is 4.52. The van der Waals surface area contributed by atoms with Crippen LogP contribution >= 0.6 is 34.2 Å². The Bertz CT molecular complexity index is 469. The van der Waals surface area contributed by atoms with Crippen molar-refractivity contribution >= 4 is 51.0 Å². The van der Waals surface area contributed by atoms with Gasteiger partial charge in [0.05, 0.1) is 0 Å². The Hall–Kier alpha value is -0.490. The van der Waals surface area contributed by atoms with Gasteiger partial charge in [-0.05, 0) is 41.1 Å². The molecular formula is C9H8ClIN2O. The first-order chi connectivity index (χ1) is 6.72. The highest BCUT2D eigenvalue weighted by molar-refractivity contribution is 14.1. The Kier molecular flexibility index (Phi) is 2.83. The number of nitrogens with one attached hydrogen (secondary N) is 1. The van der Waals surface area contributed by atoms with Gasteiger partial charge in [0.2, 0.25) is 0 Å². The molecule has 3 nitrogen and oxygen atoms in total. The molecule has 74 valence electrons. The molecule has 0 unspecified atom stereocenters. The lowest BCUT2D eigenvalue weighted by Crippen LogP contribution is -1.99. The molecule has 0 saturated carbocycles. The van der Waals surface area contributed by atoms with Gasteiger partial charge in [-0.1, -0.05) is 0 Å². The largest absolute Gasteiger partial charge is 0.441 e. The zero-order valence-corrected chi connectivity index (χ0v) is 10.4. The fourth-order valence-corrected chi connectivity index (χ4v) is 1.98. The lowest BCUT2D eigenvalue weighted by Gasteiger charge is -2.02. The highest BCUT2D eigenvalue weighted by atomic mass is 127. The maximum absolute atomic E-state index is 5.80. The lowest BCUT2D eigenvalue weighted by atomic mass is 10.3. The summed E-state index contributed by atoms with van der Waals surface area (Å²) in [6, 6.07) is 1.81. The van der Waals surface area contributed by atoms with E-state index < -0.39 is 0 Å². The average molecular weight is 323 g/mol. The third-order valence-electron chi connectivity index (χ3n) is 1.83. The van der Waals surface area contributed by atoms with Gasteiger partial charge in [0.15, 0.2) is 16.6 Å². The fourth-order valence-electron chi connectivity index (χ4n) is 1.26. The van der Waals surface area contributed by atoms with E-state index in [1.807, 2.05) is 6.92 Å². The number of furan rings is 1. The van der Waals surface area contributed by atoms with Crippen LogP contribution in [-0.2, 0) is 0 Å². The number of aromatic nitrogens is 1. The molecule has 2 aromatic rings. The molecular weight excluding hydrogens is 314 g/mol. The SMILES string of the molecule is CCNc1ncc(I)c2cc(Cl)oc12. The van der Waals surface area contributed by atoms with E-state index in [9.17, 15) is 0 Å². The van der Waals surface area contributed by atoms with Crippen LogP contribution < -0.4 is 5.32 Å². The minimum absolute atomic E-state index is 0.394. The second kappa shape index (κ2) is 3.94. The van der Waals surface area contributed by atoms with Crippen LogP contribution in [0.5, 0.6) is 0 Å². The molecule has 0 spiro atoms. The van der Waals surface area contributed by atoms with E-state index in [0.29, 0.717) is 5.22 Å². The summed E-state index contributed by atoms with van der Waals surface area (Å²) in [4.78, 5) is 4.24. The number of halogens is 2. The smallest absolute Gasteiger partial charge is 0.194 e. The van der Waals surface area contributed by atoms with Crippen molar-refractivity contribution in [1.82, 2.24) is 4.98 Å². The molecule has 0 atom stereocenters. The lowest BCUT2D eigenvalue weighted by molar-refractivity contribution is 0.617. The molecule has 0 aliphatic heterocycles. The van der Waals surface area contributed by atoms with Crippen molar-refractivity contribution in [2.24, 2.45) is 0 Å². The van der Waals surface area contributed by atoms with Crippen LogP contribution in [0.25, 0.3) is 11.0 Å². The van der Waals surface area contributed by atoms with Crippen molar-refractivity contribution in [3.63, 3.8) is 0 Å². The van der Waals surface area contributed by atoms with Gasteiger partial charge in [0, 0.05) is 27.8 Å². The van der Waals surface area contributed by atoms with Crippen molar-refractivity contribution in [2.45, 2.75) is 6.92 Å². The number of rotatable bonds is 2. The Morgan fingerprint density at radius 2 is 2.43 bits per heavy atom. The van der Waals surface area contributed by atoms with E-state index in [2.05, 4.69) is 32.9 Å². The van der Waals surface area contributed by atoms with Gasteiger partial charge in [-0.25, -0.2) is 4.98 Å². The molecule has 2 heterocycles. The van der Waals surface area contributed by atoms with Crippen molar-refractivity contribution in [2.75, 3.05) is 11.9 Å². The molecule has 2 rings (SSSR count). The van der Waals surface area contributed by atoms with Crippen molar-refractivity contribution in [3.05, 3.63) is 21.1 Å². The van der Waals surface area contributed by atoms with Gasteiger partial charge >= 0.3 is 0 Å². The minimum Gasteiger partial charge on any atom is -0.441 e. The summed E-state index contributed by atoms with van der Waals surface area (Å²) < 4.78 is 6.40. The highest BCUT2D eigenvalue weighted by Crippen LogP contribution is 2.30. The average Bonchev–Trinajstić information content (AvgIpc) is 2.53. The van der Waals surface area contributed by atoms with Crippen molar-refractivity contribution in [1.29, 1.82) is 0 Å². The summed E-state index contributed by atoms with van der Waals surface area (Å²) in [5.74, 6) is 0.745. The molecule has 0 radical (unpaired) electrons. The molecule has 0 bridgehead atoms. The monoisotopic (exact) mass is 322 g/mol. The molecule has 5 heteroatoms. The third kappa shape index (κ3) is 1.68. The van der Waals surface area contributed by atoms with Crippen LogP contribution in [0.15, 0.2) is 16.7 Å². The molecule has 0 saturated heterocycles. The van der Waals surface area contributed by atoms with Crippen LogP contribution in [0.1, 0.15) is 6.92 Å². The maximum Gasteiger partial charge on any atom is 0.194 e. The first kappa shape index (κ1) is 10.0. The van der Waals surface area contributed by atoms with Gasteiger partial charge in [0.25, 0.3) is 0 Å². The molecule has 0 aromatic carbocycles. The highest BCUT2D eigenvalue weighted by Gasteiger charge is 2.10. The molecule has 14 heavy (non-hydrogen) atoms. The predicted molar refractivity (Wildman–Crippen MR) is 65.9 cm³/mol. The number of fused-ring (bicyclic) bond motifs is 1. The Morgan fingerprint density at radius 1 is 1.64 bits per heavy atom. The fraction of sp³-hybridized carbons (Fsp3) is 0.222. The van der Waals surface area contributed by atoms with Gasteiger partial charge in [-0.2, -0.15) is 0 Å². The van der Waals surface area contributed by atoms with Crippen LogP contribution in [0.2, 0.25) is 5.22 Å². The van der Waals surface area contributed by atoms with E-state index in [-0.39, 0.29) is 0 Å². The normalized spacial score (nSPS) is 10.8. The zero-order chi connectivity index (χ0) is 10.1. The number of hydrogen-bond donors (Lipinski definition) is 1. The summed E-state index contributed by atoms with van der Waals surface area (Å²) >= 11 is 8.01. The van der Waals surface area contributed by atoms with Gasteiger partial charge in [-0.15, -0.1) is 0 Å². The number of hydrogen-bond acceptors (Lipinski definition) is 3. The quantitative estimate of drug-likeness (QED) is 0.860. The van der Waals surface area contributed by atoms with Crippen LogP contribution in [0, 0.1) is 3.57 Å². The second-order valence-corrected chi connectivity index (χ2v) is 4.31. The van der Waals surface area contributed by atoms with Gasteiger partial charge in [-0.3, -0.25) is 0 Å². The second-order valence-electron chi connectivity index (χ2n) is 2.78. The van der Waals surface area contributed by atoms with Crippen molar-refractivity contribution < 1.29 is 4.42 Å². The molecule has 1 N–H and O–H groups in total. The Balaban J connectivity index is 2.68. The maximum atomic E-state index is 5.80. The zero-order valence-electron chi connectivity index (χ0n) is 7.47. The Morgan fingerprint density at radius 3 is 3.14 bits per heavy atom. The molecule has 0 amide bonds. The van der Waals surface area contributed by atoms with E-state index in [1.165, 1.54) is 0 Å². The molecule has 0 aliphatic rings. The summed E-state index contributed by atoms with van der Waals surface area (Å²) in [5.41, 5.74) is 0.726. The van der Waals surface area contributed by atoms with E-state index in [1.54, 1.807) is 12.3 Å². The molecule has 0 aliphatic carbocycles. The van der Waals surface area contributed by atoms with Crippen LogP contribution in [0.4, 0.5) is 5.82 Å². The number of pyridine rings is 1. The van der Waals surface area contributed by atoms with Crippen molar-refractivity contribution in [3.8, 4) is 0 Å². The first-order valence-electron chi connectivity index (χ1n) is 4.19. The predicted octanol–water partition coefficient (Wildman–Crippen LogP) is 3.52. The summed E-state index contributed by atoms with van der Waals surface area (Å²) in [6.07, 6.45) is 1.80. The number of nitrogens with zero attached hydrogens (tertiary/aromatic N) is 1. The summed E-state index contributed by atoms with van der Waals surface area (Å²) in [7, 11) is 0. The standard InChI is InChI=1S/C9H8ClIN2O/c1-2-12-9-8-5(3-7(10)14-8)6(11)4-13-9/h3-4H,2H2,1H3,(H,12,13). The van der Waals surface area contributed by atoms with E-state index in [0.717, 1.165) is 26.9 Å². The Labute approximate surface area is 100.0 Å². The van der Waals surface area contributed by atoms with E-state index in [4.69, 9.17) is 16.0 Å². The molecule has 2 aromatic heterocycles. The number of anilines is 1. The first-order valence-corrected chi connectivity index (χ1v) is 5.65. The van der Waals surface area contributed by atoms with Crippen LogP contribution in [0.3, 0.4) is 0 Å². The van der Waals surface area contributed by atoms with Crippen LogP contribution in [-0.4, -0.2) is 11.5 Å². The third-order valence-corrected chi connectivity index (χ3v) is 2.87. The topological polar surface area (TPSA) is 38.1 Å². The minimum atomic E-state index is 0.394. The van der Waals surface area contributed by atoms with Gasteiger partial charge < -0.3 is 9.73 Å². The molecule has 0 fully saturated rings.